The van der Waals surface area contributed by atoms with Crippen LogP contribution in [0, 0.1) is 0 Å². The third kappa shape index (κ3) is 5.64. The number of hydrogen-bond donors (Lipinski definition) is 1. The summed E-state index contributed by atoms with van der Waals surface area (Å²) >= 11 is 0. The van der Waals surface area contributed by atoms with E-state index >= 15 is 0 Å². The summed E-state index contributed by atoms with van der Waals surface area (Å²) in [5, 5.41) is 5.81. The number of rotatable bonds is 9. The van der Waals surface area contributed by atoms with Crippen molar-refractivity contribution in [1.82, 2.24) is 5.32 Å². The Morgan fingerprint density at radius 2 is 1.63 bits per heavy atom. The molecule has 0 aliphatic rings. The van der Waals surface area contributed by atoms with Gasteiger partial charge >= 0.3 is 0 Å². The van der Waals surface area contributed by atoms with E-state index in [1.807, 2.05) is 7.05 Å². The minimum atomic E-state index is 0.258. The first-order valence-electron chi connectivity index (χ1n) is 9.08. The molecular weight excluding hydrogens is 353 g/mol. The van der Waals surface area contributed by atoms with Gasteiger partial charge in [-0.15, -0.1) is 0 Å². The molecule has 4 heteroatoms. The van der Waals surface area contributed by atoms with E-state index in [0.29, 0.717) is 8.58 Å². The van der Waals surface area contributed by atoms with Crippen molar-refractivity contribution >= 4 is 19.2 Å². The van der Waals surface area contributed by atoms with Crippen LogP contribution in [0.15, 0.2) is 72.8 Å². The molecule has 0 aliphatic heterocycles. The predicted molar refractivity (Wildman–Crippen MR) is 115 cm³/mol. The summed E-state index contributed by atoms with van der Waals surface area (Å²) in [5.74, 6) is 0.895. The Hall–Kier alpha value is -2.19. The van der Waals surface area contributed by atoms with Crippen molar-refractivity contribution in [1.29, 1.82) is 0 Å². The quantitative estimate of drug-likeness (QED) is 0.455. The largest absolute Gasteiger partial charge is 0.467 e. The highest BCUT2D eigenvalue weighted by Gasteiger charge is 2.10. The molecule has 1 N–H and O–H groups in total. The molecular formula is C23H26NO2P. The van der Waals surface area contributed by atoms with Crippen LogP contribution in [-0.4, -0.2) is 21.0 Å². The zero-order chi connectivity index (χ0) is 18.9. The molecule has 0 saturated heterocycles. The molecule has 3 aromatic rings. The molecule has 0 aromatic heterocycles. The van der Waals surface area contributed by atoms with Crippen LogP contribution in [-0.2, 0) is 17.7 Å². The summed E-state index contributed by atoms with van der Waals surface area (Å²) in [7, 11) is 4.16. The number of benzene rings is 3. The van der Waals surface area contributed by atoms with E-state index in [1.54, 1.807) is 7.11 Å². The lowest BCUT2D eigenvalue weighted by Gasteiger charge is -2.15. The van der Waals surface area contributed by atoms with E-state index < -0.39 is 0 Å². The summed E-state index contributed by atoms with van der Waals surface area (Å²) in [4.78, 5) is 0. The lowest BCUT2D eigenvalue weighted by atomic mass is 10.1. The Labute approximate surface area is 163 Å². The topological polar surface area (TPSA) is 30.5 Å². The van der Waals surface area contributed by atoms with Gasteiger partial charge < -0.3 is 14.8 Å². The minimum Gasteiger partial charge on any atom is -0.467 e. The summed E-state index contributed by atoms with van der Waals surface area (Å²) < 4.78 is 10.9. The Morgan fingerprint density at radius 1 is 0.852 bits per heavy atom. The van der Waals surface area contributed by atoms with Gasteiger partial charge in [0.15, 0.2) is 6.79 Å². The monoisotopic (exact) mass is 379 g/mol. The highest BCUT2D eigenvalue weighted by molar-refractivity contribution is 7.55. The van der Waals surface area contributed by atoms with E-state index in [4.69, 9.17) is 9.47 Å². The van der Waals surface area contributed by atoms with Crippen molar-refractivity contribution in [2.75, 3.05) is 21.0 Å². The predicted octanol–water partition coefficient (Wildman–Crippen LogP) is 3.61. The van der Waals surface area contributed by atoms with Gasteiger partial charge in [-0.25, -0.2) is 0 Å². The van der Waals surface area contributed by atoms with Gasteiger partial charge in [-0.2, -0.15) is 0 Å². The summed E-state index contributed by atoms with van der Waals surface area (Å²) in [5.41, 5.74) is 3.93. The Kier molecular flexibility index (Phi) is 7.41. The van der Waals surface area contributed by atoms with Crippen LogP contribution in [0.5, 0.6) is 5.75 Å². The first-order valence-corrected chi connectivity index (χ1v) is 10.1. The third-order valence-corrected chi connectivity index (χ3v) is 5.70. The fraction of sp³-hybridized carbons (Fsp3) is 0.217. The zero-order valence-corrected chi connectivity index (χ0v) is 16.9. The van der Waals surface area contributed by atoms with Crippen LogP contribution in [0.4, 0.5) is 0 Å². The second-order valence-corrected chi connectivity index (χ2v) is 7.68. The molecule has 0 saturated carbocycles. The summed E-state index contributed by atoms with van der Waals surface area (Å²) in [6.07, 6.45) is 0.918. The van der Waals surface area contributed by atoms with Crippen molar-refractivity contribution in [3.8, 4) is 5.75 Å². The van der Waals surface area contributed by atoms with Crippen LogP contribution < -0.4 is 20.7 Å². The number of nitrogens with one attached hydrogen (secondary N) is 1. The SMILES string of the molecule is CNCc1ccccc1Pc1cc(Cc2ccccc2)ccc1OCOC. The van der Waals surface area contributed by atoms with E-state index in [9.17, 15) is 0 Å². The molecule has 3 nitrogen and oxygen atoms in total. The molecule has 0 heterocycles. The maximum atomic E-state index is 5.83. The second-order valence-electron chi connectivity index (χ2n) is 6.36. The normalized spacial score (nSPS) is 11.2. The van der Waals surface area contributed by atoms with Crippen molar-refractivity contribution in [3.05, 3.63) is 89.5 Å². The van der Waals surface area contributed by atoms with Crippen molar-refractivity contribution in [2.45, 2.75) is 13.0 Å². The second kappa shape index (κ2) is 10.2. The Balaban J connectivity index is 1.89. The van der Waals surface area contributed by atoms with Gasteiger partial charge in [-0.05, 0) is 47.6 Å². The molecule has 3 aromatic carbocycles. The maximum absolute atomic E-state index is 5.83. The van der Waals surface area contributed by atoms with Gasteiger partial charge in [-0.3, -0.25) is 0 Å². The molecule has 0 amide bonds. The first-order chi connectivity index (χ1) is 13.3. The van der Waals surface area contributed by atoms with E-state index in [-0.39, 0.29) is 6.79 Å². The Bertz CT molecular complexity index is 852. The van der Waals surface area contributed by atoms with Gasteiger partial charge in [0.05, 0.1) is 0 Å². The molecule has 3 rings (SSSR count). The average Bonchev–Trinajstić information content (AvgIpc) is 2.70. The number of hydrogen-bond acceptors (Lipinski definition) is 3. The van der Waals surface area contributed by atoms with Gasteiger partial charge in [0.25, 0.3) is 0 Å². The summed E-state index contributed by atoms with van der Waals surface area (Å²) in [6, 6.07) is 25.6. The van der Waals surface area contributed by atoms with Crippen molar-refractivity contribution in [2.24, 2.45) is 0 Å². The summed E-state index contributed by atoms with van der Waals surface area (Å²) in [6.45, 7) is 1.12. The highest BCUT2D eigenvalue weighted by Crippen LogP contribution is 2.23. The minimum absolute atomic E-state index is 0.258. The molecule has 0 radical (unpaired) electrons. The number of ether oxygens (including phenoxy) is 2. The fourth-order valence-corrected chi connectivity index (χ4v) is 4.33. The molecule has 0 bridgehead atoms. The fourth-order valence-electron chi connectivity index (χ4n) is 3.00. The zero-order valence-electron chi connectivity index (χ0n) is 15.9. The van der Waals surface area contributed by atoms with E-state index in [2.05, 4.69) is 78.1 Å². The lowest BCUT2D eigenvalue weighted by molar-refractivity contribution is 0.0519. The van der Waals surface area contributed by atoms with Crippen LogP contribution in [0.25, 0.3) is 0 Å². The van der Waals surface area contributed by atoms with Gasteiger partial charge in [-0.1, -0.05) is 69.2 Å². The molecule has 0 spiro atoms. The molecule has 140 valence electrons. The Morgan fingerprint density at radius 3 is 2.41 bits per heavy atom. The van der Waals surface area contributed by atoms with Crippen molar-refractivity contribution < 1.29 is 9.47 Å². The van der Waals surface area contributed by atoms with Gasteiger partial charge in [0.2, 0.25) is 0 Å². The maximum Gasteiger partial charge on any atom is 0.188 e. The average molecular weight is 379 g/mol. The molecule has 27 heavy (non-hydrogen) atoms. The lowest BCUT2D eigenvalue weighted by Crippen LogP contribution is -2.17. The van der Waals surface area contributed by atoms with Gasteiger partial charge in [0.1, 0.15) is 5.75 Å². The van der Waals surface area contributed by atoms with E-state index in [1.165, 1.54) is 27.3 Å². The van der Waals surface area contributed by atoms with E-state index in [0.717, 1.165) is 18.7 Å². The molecule has 1 atom stereocenters. The number of methoxy groups -OCH3 is 1. The highest BCUT2D eigenvalue weighted by atomic mass is 31.1. The molecule has 0 aliphatic carbocycles. The van der Waals surface area contributed by atoms with Crippen LogP contribution in [0.2, 0.25) is 0 Å². The van der Waals surface area contributed by atoms with Crippen LogP contribution in [0.1, 0.15) is 16.7 Å². The molecule has 0 fully saturated rings. The molecule has 1 unspecified atom stereocenters. The van der Waals surface area contributed by atoms with Crippen molar-refractivity contribution in [3.63, 3.8) is 0 Å². The standard InChI is InChI=1S/C23H26NO2P/c1-24-16-20-10-6-7-11-22(20)27-23-15-19(12-13-21(23)26-17-25-2)14-18-8-4-3-5-9-18/h3-13,15,24,27H,14,16-17H2,1-2H3. The third-order valence-electron chi connectivity index (χ3n) is 4.28. The van der Waals surface area contributed by atoms with Crippen LogP contribution >= 0.6 is 8.58 Å². The first kappa shape index (κ1) is 19.6. The van der Waals surface area contributed by atoms with Gasteiger partial charge in [0, 0.05) is 19.0 Å². The smallest absolute Gasteiger partial charge is 0.188 e. The van der Waals surface area contributed by atoms with Crippen LogP contribution in [0.3, 0.4) is 0 Å².